The van der Waals surface area contributed by atoms with Crippen molar-refractivity contribution in [1.82, 2.24) is 4.31 Å². The minimum absolute atomic E-state index is 0.115. The zero-order chi connectivity index (χ0) is 14.7. The standard InChI is InChI=1S/C12H23NO4SSi/c1-17-12(14)11-7-5-6-8-13(11)18(15,16)9-10-19(2,3)4/h5-6,11H,7-10H2,1-4H3/t11-/m0/s1. The average molecular weight is 305 g/mol. The maximum absolute atomic E-state index is 12.4. The molecule has 1 aliphatic heterocycles. The number of hydrogen-bond acceptors (Lipinski definition) is 4. The molecule has 19 heavy (non-hydrogen) atoms. The Morgan fingerprint density at radius 1 is 1.37 bits per heavy atom. The molecule has 1 atom stereocenters. The number of rotatable bonds is 5. The Labute approximate surface area is 116 Å². The summed E-state index contributed by atoms with van der Waals surface area (Å²) in [6, 6.07) is -0.00896. The van der Waals surface area contributed by atoms with Gasteiger partial charge in [-0.25, -0.2) is 8.42 Å². The molecule has 0 saturated carbocycles. The van der Waals surface area contributed by atoms with Gasteiger partial charge in [0.15, 0.2) is 0 Å². The summed E-state index contributed by atoms with van der Waals surface area (Å²) >= 11 is 0. The minimum atomic E-state index is -3.40. The van der Waals surface area contributed by atoms with Gasteiger partial charge in [0.25, 0.3) is 0 Å². The number of ether oxygens (including phenoxy) is 1. The third kappa shape index (κ3) is 4.74. The van der Waals surface area contributed by atoms with Crippen molar-refractivity contribution in [3.05, 3.63) is 12.2 Å². The highest BCUT2D eigenvalue weighted by atomic mass is 32.2. The normalized spacial score (nSPS) is 21.4. The van der Waals surface area contributed by atoms with Crippen LogP contribution in [0.1, 0.15) is 6.42 Å². The van der Waals surface area contributed by atoms with E-state index in [4.69, 9.17) is 4.74 Å². The van der Waals surface area contributed by atoms with Crippen LogP contribution in [-0.2, 0) is 19.6 Å². The summed E-state index contributed by atoms with van der Waals surface area (Å²) in [5.41, 5.74) is 0. The van der Waals surface area contributed by atoms with Crippen molar-refractivity contribution in [2.24, 2.45) is 0 Å². The van der Waals surface area contributed by atoms with Gasteiger partial charge in [-0.15, -0.1) is 0 Å². The largest absolute Gasteiger partial charge is 0.468 e. The van der Waals surface area contributed by atoms with Crippen molar-refractivity contribution in [1.29, 1.82) is 0 Å². The van der Waals surface area contributed by atoms with Crippen molar-refractivity contribution >= 4 is 24.1 Å². The molecule has 7 heteroatoms. The second-order valence-electron chi connectivity index (χ2n) is 5.94. The number of hydrogen-bond donors (Lipinski definition) is 0. The van der Waals surface area contributed by atoms with E-state index in [1.54, 1.807) is 6.08 Å². The van der Waals surface area contributed by atoms with Crippen LogP contribution < -0.4 is 0 Å². The lowest BCUT2D eigenvalue weighted by Crippen LogP contribution is -2.48. The Morgan fingerprint density at radius 2 is 2.00 bits per heavy atom. The van der Waals surface area contributed by atoms with Crippen LogP contribution in [0.25, 0.3) is 0 Å². The highest BCUT2D eigenvalue weighted by Crippen LogP contribution is 2.20. The second-order valence-corrected chi connectivity index (χ2v) is 13.6. The van der Waals surface area contributed by atoms with Gasteiger partial charge in [-0.2, -0.15) is 4.31 Å². The fraction of sp³-hybridized carbons (Fsp3) is 0.750. The van der Waals surface area contributed by atoms with E-state index in [9.17, 15) is 13.2 Å². The molecule has 110 valence electrons. The molecule has 0 fully saturated rings. The third-order valence-electron chi connectivity index (χ3n) is 3.10. The fourth-order valence-electron chi connectivity index (χ4n) is 1.86. The number of carbonyl (C=O) groups is 1. The van der Waals surface area contributed by atoms with Gasteiger partial charge < -0.3 is 4.74 Å². The maximum Gasteiger partial charge on any atom is 0.324 e. The Bertz CT molecular complexity index is 453. The van der Waals surface area contributed by atoms with Crippen molar-refractivity contribution in [3.63, 3.8) is 0 Å². The van der Waals surface area contributed by atoms with E-state index >= 15 is 0 Å². The molecule has 0 radical (unpaired) electrons. The summed E-state index contributed by atoms with van der Waals surface area (Å²) < 4.78 is 30.7. The number of nitrogens with zero attached hydrogens (tertiary/aromatic N) is 1. The number of methoxy groups -OCH3 is 1. The molecule has 1 heterocycles. The molecule has 0 aliphatic carbocycles. The van der Waals surface area contributed by atoms with Gasteiger partial charge in [0.1, 0.15) is 6.04 Å². The molecule has 1 rings (SSSR count). The van der Waals surface area contributed by atoms with E-state index in [2.05, 4.69) is 19.6 Å². The predicted octanol–water partition coefficient (Wildman–Crippen LogP) is 1.46. The van der Waals surface area contributed by atoms with E-state index in [1.165, 1.54) is 11.4 Å². The van der Waals surface area contributed by atoms with Crippen molar-refractivity contribution in [2.45, 2.75) is 38.1 Å². The van der Waals surface area contributed by atoms with Gasteiger partial charge in [0, 0.05) is 14.6 Å². The highest BCUT2D eigenvalue weighted by Gasteiger charge is 2.36. The fourth-order valence-corrected chi connectivity index (χ4v) is 6.45. The number of carbonyl (C=O) groups excluding carboxylic acids is 1. The van der Waals surface area contributed by atoms with Gasteiger partial charge in [-0.3, -0.25) is 4.79 Å². The van der Waals surface area contributed by atoms with Crippen molar-refractivity contribution in [3.8, 4) is 0 Å². The predicted molar refractivity (Wildman–Crippen MR) is 78.2 cm³/mol. The van der Waals surface area contributed by atoms with Crippen LogP contribution in [0.5, 0.6) is 0 Å². The van der Waals surface area contributed by atoms with Crippen LogP contribution >= 0.6 is 0 Å². The van der Waals surface area contributed by atoms with E-state index in [0.29, 0.717) is 12.5 Å². The van der Waals surface area contributed by atoms with E-state index in [1.807, 2.05) is 6.08 Å². The Morgan fingerprint density at radius 3 is 2.53 bits per heavy atom. The highest BCUT2D eigenvalue weighted by molar-refractivity contribution is 7.89. The zero-order valence-corrected chi connectivity index (χ0v) is 13.9. The van der Waals surface area contributed by atoms with Gasteiger partial charge in [-0.1, -0.05) is 31.8 Å². The Balaban J connectivity index is 2.85. The van der Waals surface area contributed by atoms with Gasteiger partial charge in [0.2, 0.25) is 10.0 Å². The summed E-state index contributed by atoms with van der Waals surface area (Å²) in [5, 5.41) is 0. The van der Waals surface area contributed by atoms with Gasteiger partial charge >= 0.3 is 5.97 Å². The molecule has 0 N–H and O–H groups in total. The number of sulfonamides is 1. The third-order valence-corrected chi connectivity index (χ3v) is 7.05. The summed E-state index contributed by atoms with van der Waals surface area (Å²) in [5.74, 6) is -0.370. The average Bonchev–Trinajstić information content (AvgIpc) is 2.35. The van der Waals surface area contributed by atoms with E-state index in [0.717, 1.165) is 0 Å². The van der Waals surface area contributed by atoms with Crippen LogP contribution in [0.15, 0.2) is 12.2 Å². The molecule has 1 aliphatic rings. The minimum Gasteiger partial charge on any atom is -0.468 e. The lowest BCUT2D eigenvalue weighted by Gasteiger charge is -2.30. The lowest BCUT2D eigenvalue weighted by atomic mass is 10.1. The first-order chi connectivity index (χ1) is 8.67. The lowest BCUT2D eigenvalue weighted by molar-refractivity contribution is -0.145. The van der Waals surface area contributed by atoms with E-state index < -0.39 is 30.1 Å². The SMILES string of the molecule is COC(=O)[C@@H]1CC=CCN1S(=O)(=O)CC[Si](C)(C)C. The first-order valence-corrected chi connectivity index (χ1v) is 11.7. The summed E-state index contributed by atoms with van der Waals surface area (Å²) in [6.07, 6.45) is 4.00. The molecule has 0 bridgehead atoms. The first-order valence-electron chi connectivity index (χ1n) is 6.40. The van der Waals surface area contributed by atoms with E-state index in [-0.39, 0.29) is 12.3 Å². The molecule has 0 unspecified atom stereocenters. The first kappa shape index (κ1) is 16.4. The zero-order valence-electron chi connectivity index (χ0n) is 12.0. The van der Waals surface area contributed by atoms with Gasteiger partial charge in [-0.05, 0) is 12.5 Å². The number of esters is 1. The topological polar surface area (TPSA) is 63.7 Å². The van der Waals surface area contributed by atoms with Crippen LogP contribution in [0.2, 0.25) is 25.7 Å². The molecule has 0 aromatic rings. The summed E-state index contributed by atoms with van der Waals surface area (Å²) in [6.45, 7) is 6.66. The molecule has 5 nitrogen and oxygen atoms in total. The monoisotopic (exact) mass is 305 g/mol. The molecule has 0 aromatic carbocycles. The summed E-state index contributed by atoms with van der Waals surface area (Å²) in [4.78, 5) is 11.7. The maximum atomic E-state index is 12.4. The van der Waals surface area contributed by atoms with Crippen molar-refractivity contribution < 1.29 is 17.9 Å². The second kappa shape index (κ2) is 6.19. The smallest absolute Gasteiger partial charge is 0.324 e. The molecular formula is C12H23NO4SSi. The van der Waals surface area contributed by atoms with Crippen LogP contribution in [0.3, 0.4) is 0 Å². The molecule has 0 spiro atoms. The quantitative estimate of drug-likeness (QED) is 0.438. The molecule has 0 amide bonds. The molecule has 0 aromatic heterocycles. The van der Waals surface area contributed by atoms with Crippen molar-refractivity contribution in [2.75, 3.05) is 19.4 Å². The molecule has 0 saturated heterocycles. The Hall–Kier alpha value is -0.663. The van der Waals surface area contributed by atoms with Crippen LogP contribution in [0, 0.1) is 0 Å². The van der Waals surface area contributed by atoms with Crippen LogP contribution in [-0.4, -0.2) is 52.2 Å². The molecular weight excluding hydrogens is 282 g/mol. The summed E-state index contributed by atoms with van der Waals surface area (Å²) in [7, 11) is -3.55. The van der Waals surface area contributed by atoms with Crippen LogP contribution in [0.4, 0.5) is 0 Å². The van der Waals surface area contributed by atoms with Gasteiger partial charge in [0.05, 0.1) is 12.9 Å². The Kier molecular flexibility index (Phi) is 5.34.